The van der Waals surface area contributed by atoms with Crippen LogP contribution in [-0.2, 0) is 14.3 Å². The summed E-state index contributed by atoms with van der Waals surface area (Å²) in [6, 6.07) is 6.27. The maximum absolute atomic E-state index is 11.5. The summed E-state index contributed by atoms with van der Waals surface area (Å²) in [4.78, 5) is 34.1. The van der Waals surface area contributed by atoms with E-state index in [9.17, 15) is 14.4 Å². The van der Waals surface area contributed by atoms with E-state index in [2.05, 4.69) is 10.6 Å². The van der Waals surface area contributed by atoms with Gasteiger partial charge in [-0.2, -0.15) is 0 Å². The Morgan fingerprint density at radius 1 is 1.22 bits per heavy atom. The fourth-order valence-corrected chi connectivity index (χ4v) is 2.18. The third-order valence-electron chi connectivity index (χ3n) is 2.63. The van der Waals surface area contributed by atoms with Crippen molar-refractivity contribution in [1.29, 1.82) is 0 Å². The van der Waals surface area contributed by atoms with Crippen LogP contribution in [0.1, 0.15) is 19.8 Å². The van der Waals surface area contributed by atoms with Gasteiger partial charge in [0.05, 0.1) is 12.4 Å². The van der Waals surface area contributed by atoms with Crippen LogP contribution in [0.2, 0.25) is 0 Å². The van der Waals surface area contributed by atoms with Crippen LogP contribution in [0.25, 0.3) is 0 Å². The first-order chi connectivity index (χ1) is 11.0. The highest BCUT2D eigenvalue weighted by Crippen LogP contribution is 2.20. The smallest absolute Gasteiger partial charge is 0.323 e. The number of carboxylic acids is 1. The van der Waals surface area contributed by atoms with Crippen molar-refractivity contribution in [3.63, 3.8) is 0 Å². The summed E-state index contributed by atoms with van der Waals surface area (Å²) in [5.74, 6) is -1.13. The number of urea groups is 1. The highest BCUT2D eigenvalue weighted by molar-refractivity contribution is 8.00. The number of hydrogen-bond acceptors (Lipinski definition) is 5. The number of carbonyl (C=O) groups excluding carboxylic acids is 2. The van der Waals surface area contributed by atoms with E-state index >= 15 is 0 Å². The molecule has 1 aromatic rings. The summed E-state index contributed by atoms with van der Waals surface area (Å²) in [5.41, 5.74) is 0.530. The topological polar surface area (TPSA) is 105 Å². The average molecular weight is 340 g/mol. The molecular weight excluding hydrogens is 320 g/mol. The Morgan fingerprint density at radius 3 is 2.52 bits per heavy atom. The lowest BCUT2D eigenvalue weighted by Crippen LogP contribution is -2.33. The number of nitrogens with one attached hydrogen (secondary N) is 2. The Morgan fingerprint density at radius 2 is 1.91 bits per heavy atom. The maximum Gasteiger partial charge on any atom is 0.323 e. The number of aliphatic carboxylic acids is 1. The quantitative estimate of drug-likeness (QED) is 0.362. The lowest BCUT2D eigenvalue weighted by molar-refractivity contribution is -0.140. The van der Waals surface area contributed by atoms with Gasteiger partial charge in [0.15, 0.2) is 0 Å². The normalized spacial score (nSPS) is 9.96. The summed E-state index contributed by atoms with van der Waals surface area (Å²) >= 11 is 1.35. The molecule has 0 aliphatic rings. The van der Waals surface area contributed by atoms with Crippen molar-refractivity contribution >= 4 is 35.4 Å². The Hall–Kier alpha value is -2.22. The molecule has 0 bridgehead atoms. The summed E-state index contributed by atoms with van der Waals surface area (Å²) in [6.07, 6.45) is 1.84. The molecule has 23 heavy (non-hydrogen) atoms. The van der Waals surface area contributed by atoms with Gasteiger partial charge in [0.1, 0.15) is 6.54 Å². The zero-order valence-electron chi connectivity index (χ0n) is 12.8. The molecule has 3 N–H and O–H groups in total. The number of unbranched alkanes of at least 4 members (excludes halogenated alkanes) is 1. The predicted octanol–water partition coefficient (Wildman–Crippen LogP) is 2.33. The van der Waals surface area contributed by atoms with Crippen LogP contribution in [0.4, 0.5) is 10.5 Å². The lowest BCUT2D eigenvalue weighted by atomic mass is 10.3. The maximum atomic E-state index is 11.5. The summed E-state index contributed by atoms with van der Waals surface area (Å²) in [5, 5.41) is 13.2. The van der Waals surface area contributed by atoms with Crippen LogP contribution < -0.4 is 10.6 Å². The zero-order valence-corrected chi connectivity index (χ0v) is 13.6. The summed E-state index contributed by atoms with van der Waals surface area (Å²) in [6.45, 7) is 2.03. The average Bonchev–Trinajstić information content (AvgIpc) is 2.52. The number of anilines is 1. The largest absolute Gasteiger partial charge is 0.480 e. The molecule has 0 fully saturated rings. The van der Waals surface area contributed by atoms with Crippen molar-refractivity contribution in [2.45, 2.75) is 24.7 Å². The van der Waals surface area contributed by atoms with E-state index in [0.717, 1.165) is 17.7 Å². The molecule has 0 spiro atoms. The monoisotopic (exact) mass is 340 g/mol. The minimum atomic E-state index is -1.11. The molecule has 0 saturated heterocycles. The molecule has 0 aliphatic carbocycles. The van der Waals surface area contributed by atoms with Gasteiger partial charge in [0.25, 0.3) is 0 Å². The number of thioether (sulfide) groups is 1. The molecule has 0 atom stereocenters. The molecule has 7 nitrogen and oxygen atoms in total. The van der Waals surface area contributed by atoms with Crippen LogP contribution in [-0.4, -0.2) is 42.0 Å². The second kappa shape index (κ2) is 10.5. The van der Waals surface area contributed by atoms with Gasteiger partial charge >= 0.3 is 18.0 Å². The highest BCUT2D eigenvalue weighted by atomic mass is 32.2. The van der Waals surface area contributed by atoms with E-state index in [4.69, 9.17) is 9.84 Å². The molecule has 2 amide bonds. The molecule has 8 heteroatoms. The number of esters is 1. The molecule has 1 rings (SSSR count). The fraction of sp³-hybridized carbons (Fsp3) is 0.400. The molecule has 126 valence electrons. The number of benzene rings is 1. The Bertz CT molecular complexity index is 533. The molecule has 0 saturated carbocycles. The first-order valence-electron chi connectivity index (χ1n) is 7.16. The van der Waals surface area contributed by atoms with Crippen molar-refractivity contribution in [2.24, 2.45) is 0 Å². The highest BCUT2D eigenvalue weighted by Gasteiger charge is 2.06. The molecule has 0 heterocycles. The van der Waals surface area contributed by atoms with E-state index in [1.54, 1.807) is 24.3 Å². The fourth-order valence-electron chi connectivity index (χ4n) is 1.48. The minimum absolute atomic E-state index is 0.232. The number of hydrogen-bond donors (Lipinski definition) is 3. The summed E-state index contributed by atoms with van der Waals surface area (Å²) in [7, 11) is 0. The predicted molar refractivity (Wildman–Crippen MR) is 87.7 cm³/mol. The van der Waals surface area contributed by atoms with E-state index in [1.165, 1.54) is 11.8 Å². The van der Waals surface area contributed by atoms with Crippen molar-refractivity contribution < 1.29 is 24.2 Å². The third kappa shape index (κ3) is 8.72. The SMILES string of the molecule is CCCCOC(=O)CSc1ccc(NC(=O)NCC(=O)O)cc1. The van der Waals surface area contributed by atoms with Crippen molar-refractivity contribution in [3.05, 3.63) is 24.3 Å². The van der Waals surface area contributed by atoms with Crippen molar-refractivity contribution in [2.75, 3.05) is 24.2 Å². The van der Waals surface area contributed by atoms with Crippen LogP contribution in [0.3, 0.4) is 0 Å². The van der Waals surface area contributed by atoms with E-state index in [-0.39, 0.29) is 11.7 Å². The van der Waals surface area contributed by atoms with Crippen LogP contribution in [0, 0.1) is 0 Å². The first kappa shape index (κ1) is 18.8. The van der Waals surface area contributed by atoms with Gasteiger partial charge in [-0.3, -0.25) is 9.59 Å². The van der Waals surface area contributed by atoms with Crippen molar-refractivity contribution in [1.82, 2.24) is 5.32 Å². The Kier molecular flexibility index (Phi) is 8.59. The van der Waals surface area contributed by atoms with Crippen LogP contribution in [0.15, 0.2) is 29.2 Å². The van der Waals surface area contributed by atoms with Gasteiger partial charge in [0, 0.05) is 10.6 Å². The number of amides is 2. The standard InChI is InChI=1S/C15H20N2O5S/c1-2-3-8-22-14(20)10-23-12-6-4-11(5-7-12)17-15(21)16-9-13(18)19/h4-7H,2-3,8-10H2,1H3,(H,18,19)(H2,16,17,21). The van der Waals surface area contributed by atoms with Gasteiger partial charge in [-0.1, -0.05) is 13.3 Å². The number of carboxylic acid groups (broad SMARTS) is 1. The molecule has 0 aliphatic heterocycles. The Labute approximate surface area is 138 Å². The van der Waals surface area contributed by atoms with Gasteiger partial charge in [-0.15, -0.1) is 11.8 Å². The zero-order chi connectivity index (χ0) is 17.1. The van der Waals surface area contributed by atoms with E-state index < -0.39 is 18.5 Å². The first-order valence-corrected chi connectivity index (χ1v) is 8.15. The molecule has 1 aromatic carbocycles. The van der Waals surface area contributed by atoms with Gasteiger partial charge in [-0.05, 0) is 30.7 Å². The second-order valence-electron chi connectivity index (χ2n) is 4.59. The lowest BCUT2D eigenvalue weighted by Gasteiger charge is -2.07. The third-order valence-corrected chi connectivity index (χ3v) is 3.62. The molecule has 0 radical (unpaired) electrons. The number of rotatable bonds is 9. The van der Waals surface area contributed by atoms with Gasteiger partial charge in [0.2, 0.25) is 0 Å². The number of carbonyl (C=O) groups is 3. The minimum Gasteiger partial charge on any atom is -0.480 e. The number of ether oxygens (including phenoxy) is 1. The Balaban J connectivity index is 2.34. The van der Waals surface area contributed by atoms with Gasteiger partial charge in [-0.25, -0.2) is 4.79 Å². The molecular formula is C15H20N2O5S. The second-order valence-corrected chi connectivity index (χ2v) is 5.64. The molecule has 0 aromatic heterocycles. The van der Waals surface area contributed by atoms with E-state index in [1.807, 2.05) is 6.92 Å². The van der Waals surface area contributed by atoms with Gasteiger partial charge < -0.3 is 20.5 Å². The van der Waals surface area contributed by atoms with Crippen LogP contribution in [0.5, 0.6) is 0 Å². The van der Waals surface area contributed by atoms with E-state index in [0.29, 0.717) is 12.3 Å². The van der Waals surface area contributed by atoms with Crippen molar-refractivity contribution in [3.8, 4) is 0 Å². The molecule has 0 unspecified atom stereocenters. The van der Waals surface area contributed by atoms with Crippen LogP contribution >= 0.6 is 11.8 Å². The summed E-state index contributed by atoms with van der Waals surface area (Å²) < 4.78 is 5.05.